The molecule has 1 aliphatic heterocycles. The zero-order valence-corrected chi connectivity index (χ0v) is 8.98. The highest BCUT2D eigenvalue weighted by Gasteiger charge is 2.22. The number of halogens is 1. The van der Waals surface area contributed by atoms with E-state index in [1.165, 1.54) is 32.2 Å². The number of likely N-dealkylation sites (tertiary alicyclic amines) is 1. The molecule has 1 atom stereocenters. The van der Waals surface area contributed by atoms with E-state index in [4.69, 9.17) is 11.6 Å². The minimum atomic E-state index is 0.402. The molecule has 0 aliphatic carbocycles. The Kier molecular flexibility index (Phi) is 4.38. The van der Waals surface area contributed by atoms with E-state index in [0.29, 0.717) is 5.38 Å². The van der Waals surface area contributed by atoms with Crippen molar-refractivity contribution in [3.05, 3.63) is 0 Å². The largest absolute Gasteiger partial charge is 0.299 e. The van der Waals surface area contributed by atoms with Crippen LogP contribution in [0.1, 0.15) is 39.5 Å². The quantitative estimate of drug-likeness (QED) is 0.618. The zero-order valence-electron chi connectivity index (χ0n) is 8.22. The lowest BCUT2D eigenvalue weighted by Crippen LogP contribution is -2.42. The summed E-state index contributed by atoms with van der Waals surface area (Å²) in [6, 6.07) is 0.770. The lowest BCUT2D eigenvalue weighted by Gasteiger charge is -2.35. The first-order valence-electron chi connectivity index (χ1n) is 5.16. The van der Waals surface area contributed by atoms with Crippen molar-refractivity contribution in [1.29, 1.82) is 0 Å². The van der Waals surface area contributed by atoms with Gasteiger partial charge in [0.2, 0.25) is 0 Å². The third kappa shape index (κ3) is 2.63. The molecular weight excluding hydrogens is 170 g/mol. The van der Waals surface area contributed by atoms with Crippen molar-refractivity contribution in [1.82, 2.24) is 4.90 Å². The van der Waals surface area contributed by atoms with Gasteiger partial charge in [0.1, 0.15) is 0 Å². The van der Waals surface area contributed by atoms with Gasteiger partial charge in [-0.05, 0) is 32.2 Å². The van der Waals surface area contributed by atoms with E-state index < -0.39 is 0 Å². The summed E-state index contributed by atoms with van der Waals surface area (Å²) in [4.78, 5) is 2.56. The number of hydrogen-bond acceptors (Lipinski definition) is 1. The summed E-state index contributed by atoms with van der Waals surface area (Å²) in [6.07, 6.45) is 5.02. The molecule has 1 fully saturated rings. The van der Waals surface area contributed by atoms with Gasteiger partial charge >= 0.3 is 0 Å². The Morgan fingerprint density at radius 3 is 2.58 bits per heavy atom. The fourth-order valence-corrected chi connectivity index (χ4v) is 2.42. The molecule has 1 rings (SSSR count). The summed E-state index contributed by atoms with van der Waals surface area (Å²) < 4.78 is 0. The van der Waals surface area contributed by atoms with E-state index in [1.807, 2.05) is 0 Å². The van der Waals surface area contributed by atoms with Gasteiger partial charge < -0.3 is 0 Å². The SMILES string of the molecule is CCC(CC)N1CCCC(Cl)C1. The summed E-state index contributed by atoms with van der Waals surface area (Å²) in [5.74, 6) is 0. The fourth-order valence-electron chi connectivity index (χ4n) is 2.09. The Labute approximate surface area is 81.1 Å². The van der Waals surface area contributed by atoms with E-state index in [0.717, 1.165) is 12.6 Å². The van der Waals surface area contributed by atoms with Gasteiger partial charge in [0.05, 0.1) is 0 Å². The second-order valence-electron chi connectivity index (χ2n) is 3.70. The average Bonchev–Trinajstić information content (AvgIpc) is 2.07. The molecule has 0 amide bonds. The number of hydrogen-bond donors (Lipinski definition) is 0. The predicted octanol–water partition coefficient (Wildman–Crippen LogP) is 2.88. The van der Waals surface area contributed by atoms with Crippen molar-refractivity contribution in [2.24, 2.45) is 0 Å². The molecule has 72 valence electrons. The van der Waals surface area contributed by atoms with Crippen molar-refractivity contribution >= 4 is 11.6 Å². The maximum absolute atomic E-state index is 6.13. The van der Waals surface area contributed by atoms with Crippen molar-refractivity contribution in [2.45, 2.75) is 50.9 Å². The number of rotatable bonds is 3. The fraction of sp³-hybridized carbons (Fsp3) is 1.00. The predicted molar refractivity (Wildman–Crippen MR) is 54.8 cm³/mol. The molecule has 1 unspecified atom stereocenters. The second-order valence-corrected chi connectivity index (χ2v) is 4.32. The Bertz CT molecular complexity index is 123. The van der Waals surface area contributed by atoms with E-state index in [1.54, 1.807) is 0 Å². The molecule has 0 aromatic heterocycles. The first kappa shape index (κ1) is 10.3. The molecule has 0 radical (unpaired) electrons. The van der Waals surface area contributed by atoms with Crippen LogP contribution in [0.3, 0.4) is 0 Å². The van der Waals surface area contributed by atoms with Crippen LogP contribution in [0.4, 0.5) is 0 Å². The molecule has 2 heteroatoms. The van der Waals surface area contributed by atoms with Crippen LogP contribution in [0, 0.1) is 0 Å². The molecule has 0 aromatic rings. The first-order valence-corrected chi connectivity index (χ1v) is 5.59. The van der Waals surface area contributed by atoms with Crippen LogP contribution in [0.25, 0.3) is 0 Å². The van der Waals surface area contributed by atoms with E-state index >= 15 is 0 Å². The lowest BCUT2D eigenvalue weighted by atomic mass is 10.0. The van der Waals surface area contributed by atoms with Gasteiger partial charge in [-0.25, -0.2) is 0 Å². The molecular formula is C10H20ClN. The third-order valence-electron chi connectivity index (χ3n) is 2.85. The van der Waals surface area contributed by atoms with Crippen LogP contribution in [-0.4, -0.2) is 29.4 Å². The summed E-state index contributed by atoms with van der Waals surface area (Å²) >= 11 is 6.13. The number of nitrogens with zero attached hydrogens (tertiary/aromatic N) is 1. The minimum absolute atomic E-state index is 0.402. The standard InChI is InChI=1S/C10H20ClN/c1-3-10(4-2)12-7-5-6-9(11)8-12/h9-10H,3-8H2,1-2H3. The second kappa shape index (κ2) is 5.08. The van der Waals surface area contributed by atoms with E-state index in [-0.39, 0.29) is 0 Å². The summed E-state index contributed by atoms with van der Waals surface area (Å²) in [6.45, 7) is 6.90. The van der Waals surface area contributed by atoms with Crippen LogP contribution in [-0.2, 0) is 0 Å². The summed E-state index contributed by atoms with van der Waals surface area (Å²) in [5.41, 5.74) is 0. The smallest absolute Gasteiger partial charge is 0.0463 e. The lowest BCUT2D eigenvalue weighted by molar-refractivity contribution is 0.157. The van der Waals surface area contributed by atoms with Crippen molar-refractivity contribution in [2.75, 3.05) is 13.1 Å². The maximum Gasteiger partial charge on any atom is 0.0463 e. The normalized spacial score (nSPS) is 26.5. The topological polar surface area (TPSA) is 3.24 Å². The molecule has 1 nitrogen and oxygen atoms in total. The van der Waals surface area contributed by atoms with Crippen LogP contribution < -0.4 is 0 Å². The maximum atomic E-state index is 6.13. The van der Waals surface area contributed by atoms with Gasteiger partial charge in [-0.2, -0.15) is 0 Å². The molecule has 0 N–H and O–H groups in total. The van der Waals surface area contributed by atoms with Crippen LogP contribution in [0.5, 0.6) is 0 Å². The molecule has 0 aromatic carbocycles. The van der Waals surface area contributed by atoms with Crippen LogP contribution in [0.2, 0.25) is 0 Å². The van der Waals surface area contributed by atoms with Gasteiger partial charge in [0, 0.05) is 18.0 Å². The van der Waals surface area contributed by atoms with Gasteiger partial charge in [-0.3, -0.25) is 4.90 Å². The Morgan fingerprint density at radius 1 is 1.42 bits per heavy atom. The summed E-state index contributed by atoms with van der Waals surface area (Å²) in [5, 5.41) is 0.402. The molecule has 0 spiro atoms. The van der Waals surface area contributed by atoms with Crippen LogP contribution >= 0.6 is 11.6 Å². The van der Waals surface area contributed by atoms with Crippen molar-refractivity contribution < 1.29 is 0 Å². The third-order valence-corrected chi connectivity index (χ3v) is 3.21. The molecule has 12 heavy (non-hydrogen) atoms. The van der Waals surface area contributed by atoms with Crippen LogP contribution in [0.15, 0.2) is 0 Å². The molecule has 1 saturated heterocycles. The molecule has 1 aliphatic rings. The molecule has 0 bridgehead atoms. The van der Waals surface area contributed by atoms with Gasteiger partial charge in [0.15, 0.2) is 0 Å². The van der Waals surface area contributed by atoms with Crippen molar-refractivity contribution in [3.8, 4) is 0 Å². The number of piperidine rings is 1. The van der Waals surface area contributed by atoms with Gasteiger partial charge in [-0.15, -0.1) is 11.6 Å². The van der Waals surface area contributed by atoms with Gasteiger partial charge in [0.25, 0.3) is 0 Å². The highest BCUT2D eigenvalue weighted by molar-refractivity contribution is 6.20. The van der Waals surface area contributed by atoms with E-state index in [2.05, 4.69) is 18.7 Å². The Hall–Kier alpha value is 0.250. The molecule has 1 heterocycles. The van der Waals surface area contributed by atoms with Crippen molar-refractivity contribution in [3.63, 3.8) is 0 Å². The Balaban J connectivity index is 2.38. The highest BCUT2D eigenvalue weighted by atomic mass is 35.5. The monoisotopic (exact) mass is 189 g/mol. The number of alkyl halides is 1. The highest BCUT2D eigenvalue weighted by Crippen LogP contribution is 2.19. The zero-order chi connectivity index (χ0) is 8.97. The summed E-state index contributed by atoms with van der Waals surface area (Å²) in [7, 11) is 0. The van der Waals surface area contributed by atoms with Gasteiger partial charge in [-0.1, -0.05) is 13.8 Å². The average molecular weight is 190 g/mol. The Morgan fingerprint density at radius 2 is 2.08 bits per heavy atom. The molecule has 0 saturated carbocycles. The minimum Gasteiger partial charge on any atom is -0.299 e. The van der Waals surface area contributed by atoms with E-state index in [9.17, 15) is 0 Å². The first-order chi connectivity index (χ1) is 5.77.